The molecule has 1 amide bonds. The van der Waals surface area contributed by atoms with E-state index in [1.807, 2.05) is 0 Å². The molecule has 0 unspecified atom stereocenters. The molecule has 0 saturated carbocycles. The minimum atomic E-state index is -0.479. The van der Waals surface area contributed by atoms with Crippen molar-refractivity contribution in [1.29, 1.82) is 0 Å². The third-order valence-corrected chi connectivity index (χ3v) is 4.88. The second kappa shape index (κ2) is 6.34. The molecule has 2 fully saturated rings. The van der Waals surface area contributed by atoms with Gasteiger partial charge in [0.15, 0.2) is 0 Å². The number of rotatable bonds is 2. The second-order valence-corrected chi connectivity index (χ2v) is 6.22. The number of nitrogens with zero attached hydrogens (tertiary/aromatic N) is 1. The zero-order valence-electron chi connectivity index (χ0n) is 12.6. The molecule has 0 aromatic heterocycles. The van der Waals surface area contributed by atoms with Crippen LogP contribution < -0.4 is 0 Å². The van der Waals surface area contributed by atoms with Gasteiger partial charge in [-0.05, 0) is 37.3 Å². The molecule has 3 rings (SSSR count). The van der Waals surface area contributed by atoms with Crippen LogP contribution in [0.3, 0.4) is 0 Å². The maximum atomic E-state index is 13.6. The van der Waals surface area contributed by atoms with Gasteiger partial charge in [0.2, 0.25) is 5.91 Å². The van der Waals surface area contributed by atoms with Crippen LogP contribution in [0, 0.1) is 5.82 Å². The number of hydrogen-bond donors (Lipinski definition) is 1. The molecule has 22 heavy (non-hydrogen) atoms. The number of carbonyl (C=O) groups excluding carboxylic acids is 1. The topological polar surface area (TPSA) is 49.8 Å². The highest BCUT2D eigenvalue weighted by Crippen LogP contribution is 2.35. The molecular weight excluding hydrogens is 285 g/mol. The summed E-state index contributed by atoms with van der Waals surface area (Å²) in [5, 5.41) is 10.2. The fourth-order valence-corrected chi connectivity index (χ4v) is 3.44. The van der Waals surface area contributed by atoms with Crippen LogP contribution in [0.2, 0.25) is 0 Å². The van der Waals surface area contributed by atoms with Crippen molar-refractivity contribution >= 4 is 5.91 Å². The summed E-state index contributed by atoms with van der Waals surface area (Å²) in [6, 6.07) is 6.38. The molecule has 5 heteroatoms. The van der Waals surface area contributed by atoms with Crippen molar-refractivity contribution in [2.24, 2.45) is 0 Å². The zero-order chi connectivity index (χ0) is 15.6. The van der Waals surface area contributed by atoms with Crippen molar-refractivity contribution in [2.75, 3.05) is 19.7 Å². The summed E-state index contributed by atoms with van der Waals surface area (Å²) < 4.78 is 19.5. The van der Waals surface area contributed by atoms with Gasteiger partial charge in [-0.1, -0.05) is 18.2 Å². The van der Waals surface area contributed by atoms with Gasteiger partial charge in [-0.25, -0.2) is 4.39 Å². The summed E-state index contributed by atoms with van der Waals surface area (Å²) in [7, 11) is 0. The Morgan fingerprint density at radius 2 is 2.09 bits per heavy atom. The lowest BCUT2D eigenvalue weighted by atomic mass is 9.82. The number of halogens is 1. The monoisotopic (exact) mass is 307 g/mol. The summed E-state index contributed by atoms with van der Waals surface area (Å²) in [5.74, 6) is -0.402. The lowest BCUT2D eigenvalue weighted by Crippen LogP contribution is -2.56. The SMILES string of the molecule is O=C(Cc1ccccc1F)N1CCC2(CC1)OCCC[C@@H]2O. The standard InChI is InChI=1S/C17H22FNO3/c18-14-5-2-1-4-13(14)12-16(21)19-9-7-17(8-10-19)15(20)6-3-11-22-17/h1-2,4-5,15,20H,3,6-12H2/t15-/m0/s1. The lowest BCUT2D eigenvalue weighted by Gasteiger charge is -2.46. The van der Waals surface area contributed by atoms with Crippen LogP contribution in [0.25, 0.3) is 0 Å². The van der Waals surface area contributed by atoms with Gasteiger partial charge in [-0.2, -0.15) is 0 Å². The Kier molecular flexibility index (Phi) is 4.45. The Balaban J connectivity index is 1.59. The number of piperidine rings is 1. The summed E-state index contributed by atoms with van der Waals surface area (Å²) >= 11 is 0. The van der Waals surface area contributed by atoms with Gasteiger partial charge in [0.25, 0.3) is 0 Å². The van der Waals surface area contributed by atoms with Crippen LogP contribution in [-0.4, -0.2) is 47.3 Å². The Morgan fingerprint density at radius 1 is 1.36 bits per heavy atom. The molecule has 2 heterocycles. The third kappa shape index (κ3) is 3.01. The molecule has 1 N–H and O–H groups in total. The largest absolute Gasteiger partial charge is 0.390 e. The Labute approximate surface area is 129 Å². The van der Waals surface area contributed by atoms with E-state index in [0.29, 0.717) is 38.1 Å². The minimum absolute atomic E-state index is 0.0646. The second-order valence-electron chi connectivity index (χ2n) is 6.22. The van der Waals surface area contributed by atoms with E-state index in [1.165, 1.54) is 6.07 Å². The van der Waals surface area contributed by atoms with Crippen molar-refractivity contribution in [3.63, 3.8) is 0 Å². The number of ether oxygens (including phenoxy) is 1. The zero-order valence-corrected chi connectivity index (χ0v) is 12.6. The fourth-order valence-electron chi connectivity index (χ4n) is 3.44. The van der Waals surface area contributed by atoms with Gasteiger partial charge in [-0.15, -0.1) is 0 Å². The number of amides is 1. The van der Waals surface area contributed by atoms with E-state index >= 15 is 0 Å². The summed E-state index contributed by atoms with van der Waals surface area (Å²) in [4.78, 5) is 14.1. The molecule has 0 radical (unpaired) electrons. The molecule has 1 spiro atoms. The van der Waals surface area contributed by atoms with E-state index in [-0.39, 0.29) is 18.1 Å². The third-order valence-electron chi connectivity index (χ3n) is 4.88. The average Bonchev–Trinajstić information content (AvgIpc) is 2.53. The van der Waals surface area contributed by atoms with Gasteiger partial charge in [0, 0.05) is 19.7 Å². The normalized spacial score (nSPS) is 24.5. The summed E-state index contributed by atoms with van der Waals surface area (Å²) in [5.41, 5.74) is -0.0470. The molecule has 0 aliphatic carbocycles. The number of hydrogen-bond acceptors (Lipinski definition) is 3. The lowest BCUT2D eigenvalue weighted by molar-refractivity contribution is -0.179. The molecule has 120 valence electrons. The molecule has 0 bridgehead atoms. The molecule has 2 aliphatic heterocycles. The molecule has 1 atom stereocenters. The van der Waals surface area contributed by atoms with E-state index in [9.17, 15) is 14.3 Å². The first-order valence-electron chi connectivity index (χ1n) is 7.94. The first kappa shape index (κ1) is 15.4. The van der Waals surface area contributed by atoms with Crippen molar-refractivity contribution in [3.05, 3.63) is 35.6 Å². The minimum Gasteiger partial charge on any atom is -0.390 e. The predicted octanol–water partition coefficient (Wildman–Crippen LogP) is 1.90. The van der Waals surface area contributed by atoms with E-state index in [4.69, 9.17) is 4.74 Å². The first-order valence-corrected chi connectivity index (χ1v) is 7.94. The van der Waals surface area contributed by atoms with Crippen molar-refractivity contribution in [3.8, 4) is 0 Å². The van der Waals surface area contributed by atoms with E-state index in [2.05, 4.69) is 0 Å². The summed E-state index contributed by atoms with van der Waals surface area (Å²) in [6.45, 7) is 1.80. The Morgan fingerprint density at radius 3 is 2.77 bits per heavy atom. The maximum Gasteiger partial charge on any atom is 0.227 e. The van der Waals surface area contributed by atoms with Crippen LogP contribution in [-0.2, 0) is 16.0 Å². The fraction of sp³-hybridized carbons (Fsp3) is 0.588. The summed E-state index contributed by atoms with van der Waals surface area (Å²) in [6.07, 6.45) is 2.60. The Hall–Kier alpha value is -1.46. The van der Waals surface area contributed by atoms with Gasteiger partial charge in [0.05, 0.1) is 18.1 Å². The van der Waals surface area contributed by atoms with Crippen LogP contribution in [0.1, 0.15) is 31.2 Å². The highest BCUT2D eigenvalue weighted by molar-refractivity contribution is 5.79. The Bertz CT molecular complexity index is 540. The van der Waals surface area contributed by atoms with Gasteiger partial charge >= 0.3 is 0 Å². The van der Waals surface area contributed by atoms with E-state index in [0.717, 1.165) is 12.8 Å². The van der Waals surface area contributed by atoms with E-state index in [1.54, 1.807) is 23.1 Å². The highest BCUT2D eigenvalue weighted by atomic mass is 19.1. The smallest absolute Gasteiger partial charge is 0.227 e. The molecule has 2 aliphatic rings. The maximum absolute atomic E-state index is 13.6. The van der Waals surface area contributed by atoms with Gasteiger partial charge < -0.3 is 14.7 Å². The first-order chi connectivity index (χ1) is 10.6. The number of carbonyl (C=O) groups is 1. The van der Waals surface area contributed by atoms with Gasteiger partial charge in [0.1, 0.15) is 5.82 Å². The molecule has 2 saturated heterocycles. The van der Waals surface area contributed by atoms with Crippen LogP contribution in [0.5, 0.6) is 0 Å². The van der Waals surface area contributed by atoms with Crippen LogP contribution >= 0.6 is 0 Å². The molecular formula is C17H22FNO3. The van der Waals surface area contributed by atoms with Crippen molar-refractivity contribution in [1.82, 2.24) is 4.90 Å². The van der Waals surface area contributed by atoms with Crippen LogP contribution in [0.4, 0.5) is 4.39 Å². The van der Waals surface area contributed by atoms with Crippen molar-refractivity contribution in [2.45, 2.75) is 43.8 Å². The number of benzene rings is 1. The molecule has 1 aromatic rings. The number of aliphatic hydroxyl groups is 1. The van der Waals surface area contributed by atoms with Gasteiger partial charge in [-0.3, -0.25) is 4.79 Å². The number of likely N-dealkylation sites (tertiary alicyclic amines) is 1. The highest BCUT2D eigenvalue weighted by Gasteiger charge is 2.44. The quantitative estimate of drug-likeness (QED) is 0.908. The molecule has 4 nitrogen and oxygen atoms in total. The molecule has 1 aromatic carbocycles. The predicted molar refractivity (Wildman–Crippen MR) is 79.8 cm³/mol. The van der Waals surface area contributed by atoms with E-state index < -0.39 is 11.7 Å². The number of aliphatic hydroxyl groups excluding tert-OH is 1. The average molecular weight is 307 g/mol. The van der Waals surface area contributed by atoms with Crippen molar-refractivity contribution < 1.29 is 19.0 Å². The van der Waals surface area contributed by atoms with Crippen LogP contribution in [0.15, 0.2) is 24.3 Å².